The lowest BCUT2D eigenvalue weighted by molar-refractivity contribution is -0.117. The summed E-state index contributed by atoms with van der Waals surface area (Å²) < 4.78 is 5.12. The van der Waals surface area contributed by atoms with Gasteiger partial charge in [0, 0.05) is 5.69 Å². The van der Waals surface area contributed by atoms with E-state index in [1.54, 1.807) is 27.7 Å². The number of alkyl carbamates (subject to hydrolysis) is 1. The van der Waals surface area contributed by atoms with Gasteiger partial charge in [0.1, 0.15) is 11.6 Å². The first-order chi connectivity index (χ1) is 9.58. The lowest BCUT2D eigenvalue weighted by Crippen LogP contribution is -2.44. The van der Waals surface area contributed by atoms with Crippen LogP contribution in [0.1, 0.15) is 38.8 Å². The molecule has 2 N–H and O–H groups in total. The van der Waals surface area contributed by atoms with Gasteiger partial charge in [0.05, 0.1) is 0 Å². The van der Waals surface area contributed by atoms with Gasteiger partial charge in [-0.2, -0.15) is 0 Å². The maximum absolute atomic E-state index is 12.1. The average molecular weight is 292 g/mol. The number of nitrogens with one attached hydrogen (secondary N) is 2. The number of rotatable bonds is 3. The van der Waals surface area contributed by atoms with E-state index in [0.29, 0.717) is 0 Å². The van der Waals surface area contributed by atoms with Gasteiger partial charge >= 0.3 is 6.09 Å². The van der Waals surface area contributed by atoms with E-state index in [1.807, 2.05) is 32.0 Å². The van der Waals surface area contributed by atoms with Crippen molar-refractivity contribution in [2.75, 3.05) is 5.32 Å². The molecule has 0 saturated carbocycles. The van der Waals surface area contributed by atoms with Crippen molar-refractivity contribution in [1.29, 1.82) is 0 Å². The molecule has 0 saturated heterocycles. The Hall–Kier alpha value is -2.04. The zero-order valence-electron chi connectivity index (χ0n) is 13.5. The number of hydrogen-bond acceptors (Lipinski definition) is 3. The fraction of sp³-hybridized carbons (Fsp3) is 0.500. The Bertz CT molecular complexity index is 533. The van der Waals surface area contributed by atoms with Crippen LogP contribution in [0.2, 0.25) is 0 Å². The molecule has 0 spiro atoms. The number of benzene rings is 1. The summed E-state index contributed by atoms with van der Waals surface area (Å²) in [4.78, 5) is 23.7. The molecule has 0 aliphatic heterocycles. The largest absolute Gasteiger partial charge is 0.444 e. The molecule has 5 nitrogen and oxygen atoms in total. The van der Waals surface area contributed by atoms with Gasteiger partial charge in [0.25, 0.3) is 0 Å². The van der Waals surface area contributed by atoms with Crippen LogP contribution >= 0.6 is 0 Å². The van der Waals surface area contributed by atoms with E-state index < -0.39 is 17.7 Å². The molecule has 0 aliphatic rings. The highest BCUT2D eigenvalue weighted by molar-refractivity contribution is 5.96. The summed E-state index contributed by atoms with van der Waals surface area (Å²) in [5.41, 5.74) is 2.19. The van der Waals surface area contributed by atoms with Crippen molar-refractivity contribution >= 4 is 17.7 Å². The Labute approximate surface area is 126 Å². The Kier molecular flexibility index (Phi) is 5.35. The number of anilines is 1. The molecular formula is C16H24N2O3. The fourth-order valence-electron chi connectivity index (χ4n) is 1.66. The fourth-order valence-corrected chi connectivity index (χ4v) is 1.66. The van der Waals surface area contributed by atoms with Gasteiger partial charge < -0.3 is 15.4 Å². The normalized spacial score (nSPS) is 12.5. The van der Waals surface area contributed by atoms with E-state index in [2.05, 4.69) is 10.6 Å². The third-order valence-electron chi connectivity index (χ3n) is 2.78. The molecule has 0 bridgehead atoms. The predicted molar refractivity (Wildman–Crippen MR) is 83.4 cm³/mol. The first-order valence-corrected chi connectivity index (χ1v) is 6.96. The van der Waals surface area contributed by atoms with Crippen molar-refractivity contribution < 1.29 is 14.3 Å². The number of amides is 2. The van der Waals surface area contributed by atoms with Crippen molar-refractivity contribution in [3.8, 4) is 0 Å². The molecule has 0 radical (unpaired) electrons. The smallest absolute Gasteiger partial charge is 0.408 e. The molecule has 1 aromatic carbocycles. The van der Waals surface area contributed by atoms with Crippen molar-refractivity contribution in [1.82, 2.24) is 5.32 Å². The number of hydrogen-bond donors (Lipinski definition) is 2. The summed E-state index contributed by atoms with van der Waals surface area (Å²) in [6, 6.07) is 5.14. The molecule has 21 heavy (non-hydrogen) atoms. The van der Waals surface area contributed by atoms with Crippen molar-refractivity contribution in [2.45, 2.75) is 53.2 Å². The molecule has 0 aromatic heterocycles. The van der Waals surface area contributed by atoms with E-state index in [9.17, 15) is 9.59 Å². The zero-order chi connectivity index (χ0) is 16.2. The summed E-state index contributed by atoms with van der Waals surface area (Å²) >= 11 is 0. The maximum Gasteiger partial charge on any atom is 0.408 e. The number of aryl methyl sites for hydroxylation is 2. The third kappa shape index (κ3) is 5.85. The summed E-state index contributed by atoms with van der Waals surface area (Å²) in [5, 5.41) is 5.33. The van der Waals surface area contributed by atoms with Crippen LogP contribution < -0.4 is 10.6 Å². The second kappa shape index (κ2) is 6.61. The minimum Gasteiger partial charge on any atom is -0.444 e. The number of carbonyl (C=O) groups is 2. The van der Waals surface area contributed by atoms with Crippen LogP contribution in [0.4, 0.5) is 10.5 Å². The van der Waals surface area contributed by atoms with Crippen LogP contribution in [-0.4, -0.2) is 23.6 Å². The third-order valence-corrected chi connectivity index (χ3v) is 2.78. The first kappa shape index (κ1) is 17.0. The molecule has 0 heterocycles. The molecule has 0 aliphatic carbocycles. The van der Waals surface area contributed by atoms with E-state index >= 15 is 0 Å². The highest BCUT2D eigenvalue weighted by atomic mass is 16.6. The molecule has 2 amide bonds. The molecule has 1 atom stereocenters. The predicted octanol–water partition coefficient (Wildman–Crippen LogP) is 3.16. The summed E-state index contributed by atoms with van der Waals surface area (Å²) in [6.07, 6.45) is -0.605. The highest BCUT2D eigenvalue weighted by Gasteiger charge is 2.21. The van der Waals surface area contributed by atoms with Crippen molar-refractivity contribution in [3.63, 3.8) is 0 Å². The molecule has 1 aromatic rings. The lowest BCUT2D eigenvalue weighted by atomic mass is 10.1. The van der Waals surface area contributed by atoms with E-state index in [1.165, 1.54) is 0 Å². The van der Waals surface area contributed by atoms with Gasteiger partial charge in [-0.15, -0.1) is 0 Å². The maximum atomic E-state index is 12.1. The van der Waals surface area contributed by atoms with Crippen LogP contribution in [0.5, 0.6) is 0 Å². The SMILES string of the molecule is Cc1ccc(C)c(NC(=O)[C@H](C)NC(=O)OC(C)(C)C)c1. The Morgan fingerprint density at radius 3 is 2.38 bits per heavy atom. The molecular weight excluding hydrogens is 268 g/mol. The van der Waals surface area contributed by atoms with Gasteiger partial charge in [0.15, 0.2) is 0 Å². The molecule has 1 rings (SSSR count). The van der Waals surface area contributed by atoms with Gasteiger partial charge in [-0.05, 0) is 58.7 Å². The van der Waals surface area contributed by atoms with E-state index in [-0.39, 0.29) is 5.91 Å². The van der Waals surface area contributed by atoms with Gasteiger partial charge in [0.2, 0.25) is 5.91 Å². The summed E-state index contributed by atoms with van der Waals surface area (Å²) in [5.74, 6) is -0.283. The second-order valence-electron chi connectivity index (χ2n) is 6.18. The molecule has 0 unspecified atom stereocenters. The van der Waals surface area contributed by atoms with E-state index in [4.69, 9.17) is 4.74 Å². The molecule has 5 heteroatoms. The Morgan fingerprint density at radius 2 is 1.81 bits per heavy atom. The quantitative estimate of drug-likeness (QED) is 0.899. The highest BCUT2D eigenvalue weighted by Crippen LogP contribution is 2.16. The standard InChI is InChI=1S/C16H24N2O3/c1-10-7-8-11(2)13(9-10)18-14(19)12(3)17-15(20)21-16(4,5)6/h7-9,12H,1-6H3,(H,17,20)(H,18,19)/t12-/m0/s1. The lowest BCUT2D eigenvalue weighted by Gasteiger charge is -2.22. The van der Waals surface area contributed by atoms with Crippen LogP contribution in [0, 0.1) is 13.8 Å². The number of carbonyl (C=O) groups excluding carboxylic acids is 2. The van der Waals surface area contributed by atoms with Crippen LogP contribution in [0.25, 0.3) is 0 Å². The molecule has 0 fully saturated rings. The van der Waals surface area contributed by atoms with Gasteiger partial charge in [-0.1, -0.05) is 12.1 Å². The first-order valence-electron chi connectivity index (χ1n) is 6.96. The zero-order valence-corrected chi connectivity index (χ0v) is 13.5. The van der Waals surface area contributed by atoms with Gasteiger partial charge in [-0.3, -0.25) is 4.79 Å². The monoisotopic (exact) mass is 292 g/mol. The van der Waals surface area contributed by atoms with Gasteiger partial charge in [-0.25, -0.2) is 4.79 Å². The Balaban J connectivity index is 2.63. The Morgan fingerprint density at radius 1 is 1.19 bits per heavy atom. The molecule has 116 valence electrons. The minimum absolute atomic E-state index is 0.283. The number of ether oxygens (including phenoxy) is 1. The summed E-state index contributed by atoms with van der Waals surface area (Å²) in [7, 11) is 0. The van der Waals surface area contributed by atoms with Crippen molar-refractivity contribution in [3.05, 3.63) is 29.3 Å². The van der Waals surface area contributed by atoms with Crippen LogP contribution in [0.3, 0.4) is 0 Å². The van der Waals surface area contributed by atoms with E-state index in [0.717, 1.165) is 16.8 Å². The topological polar surface area (TPSA) is 67.4 Å². The van der Waals surface area contributed by atoms with Crippen LogP contribution in [-0.2, 0) is 9.53 Å². The van der Waals surface area contributed by atoms with Crippen LogP contribution in [0.15, 0.2) is 18.2 Å². The second-order valence-corrected chi connectivity index (χ2v) is 6.18. The van der Waals surface area contributed by atoms with Crippen molar-refractivity contribution in [2.24, 2.45) is 0 Å². The average Bonchev–Trinajstić information content (AvgIpc) is 2.31. The minimum atomic E-state index is -0.681. The summed E-state index contributed by atoms with van der Waals surface area (Å²) in [6.45, 7) is 10.8.